The second-order valence-electron chi connectivity index (χ2n) is 6.99. The lowest BCUT2D eigenvalue weighted by molar-refractivity contribution is 0.0760. The normalized spacial score (nSPS) is 16.0. The van der Waals surface area contributed by atoms with Crippen molar-refractivity contribution in [3.63, 3.8) is 0 Å². The molecule has 1 saturated heterocycles. The average molecular weight is 302 g/mol. The lowest BCUT2D eigenvalue weighted by Crippen LogP contribution is -2.40. The van der Waals surface area contributed by atoms with Crippen molar-refractivity contribution in [1.82, 2.24) is 10.2 Å². The zero-order chi connectivity index (χ0) is 16.2. The number of likely N-dealkylation sites (tertiary alicyclic amines) is 1. The van der Waals surface area contributed by atoms with E-state index in [1.54, 1.807) is 24.3 Å². The third-order valence-corrected chi connectivity index (χ3v) is 3.78. The first-order valence-electron chi connectivity index (χ1n) is 8.09. The monoisotopic (exact) mass is 302 g/mol. The van der Waals surface area contributed by atoms with E-state index in [-0.39, 0.29) is 17.4 Å². The summed E-state index contributed by atoms with van der Waals surface area (Å²) in [7, 11) is 0. The molecule has 0 spiro atoms. The van der Waals surface area contributed by atoms with Crippen LogP contribution in [0.5, 0.6) is 0 Å². The third kappa shape index (κ3) is 4.58. The summed E-state index contributed by atoms with van der Waals surface area (Å²) in [6.45, 7) is 7.52. The summed E-state index contributed by atoms with van der Waals surface area (Å²) in [5, 5.41) is 2.92. The average Bonchev–Trinajstić information content (AvgIpc) is 2.74. The van der Waals surface area contributed by atoms with Gasteiger partial charge in [0.15, 0.2) is 0 Å². The fourth-order valence-electron chi connectivity index (χ4n) is 2.63. The highest BCUT2D eigenvalue weighted by Gasteiger charge is 2.19. The topological polar surface area (TPSA) is 49.4 Å². The van der Waals surface area contributed by atoms with Crippen LogP contribution in [0.2, 0.25) is 0 Å². The number of hydrogen-bond acceptors (Lipinski definition) is 2. The molecule has 1 aromatic rings. The highest BCUT2D eigenvalue weighted by Crippen LogP contribution is 2.14. The maximum absolute atomic E-state index is 12.5. The zero-order valence-electron chi connectivity index (χ0n) is 13.8. The maximum Gasteiger partial charge on any atom is 0.253 e. The first kappa shape index (κ1) is 16.5. The number of hydrogen-bond donors (Lipinski definition) is 1. The van der Waals surface area contributed by atoms with Crippen LogP contribution in [-0.2, 0) is 0 Å². The molecule has 1 aromatic carbocycles. The molecule has 0 atom stereocenters. The molecular formula is C18H26N2O2. The van der Waals surface area contributed by atoms with E-state index in [9.17, 15) is 9.59 Å². The molecule has 4 nitrogen and oxygen atoms in total. The van der Waals surface area contributed by atoms with Gasteiger partial charge in [-0.2, -0.15) is 0 Å². The summed E-state index contributed by atoms with van der Waals surface area (Å²) >= 11 is 0. The van der Waals surface area contributed by atoms with Crippen molar-refractivity contribution >= 4 is 11.8 Å². The minimum Gasteiger partial charge on any atom is -0.347 e. The smallest absolute Gasteiger partial charge is 0.253 e. The number of benzene rings is 1. The highest BCUT2D eigenvalue weighted by molar-refractivity contribution is 5.98. The molecule has 0 unspecified atom stereocenters. The van der Waals surface area contributed by atoms with Crippen LogP contribution in [0.3, 0.4) is 0 Å². The van der Waals surface area contributed by atoms with E-state index in [4.69, 9.17) is 0 Å². The van der Waals surface area contributed by atoms with E-state index in [1.807, 2.05) is 25.7 Å². The van der Waals surface area contributed by atoms with Gasteiger partial charge >= 0.3 is 0 Å². The Bertz CT molecular complexity index is 521. The molecule has 2 rings (SSSR count). The van der Waals surface area contributed by atoms with Crippen LogP contribution >= 0.6 is 0 Å². The summed E-state index contributed by atoms with van der Waals surface area (Å²) in [5.41, 5.74) is 0.981. The lowest BCUT2D eigenvalue weighted by atomic mass is 10.1. The van der Waals surface area contributed by atoms with Crippen molar-refractivity contribution in [3.05, 3.63) is 35.4 Å². The predicted octanol–water partition coefficient (Wildman–Crippen LogP) is 3.23. The van der Waals surface area contributed by atoms with Gasteiger partial charge in [-0.25, -0.2) is 0 Å². The number of carbonyl (C=O) groups is 2. The van der Waals surface area contributed by atoms with Gasteiger partial charge in [0.2, 0.25) is 0 Å². The Morgan fingerprint density at radius 3 is 1.91 bits per heavy atom. The minimum absolute atomic E-state index is 0.0738. The van der Waals surface area contributed by atoms with Gasteiger partial charge in [-0.3, -0.25) is 9.59 Å². The van der Waals surface area contributed by atoms with Gasteiger partial charge in [0.25, 0.3) is 11.8 Å². The number of carbonyl (C=O) groups excluding carboxylic acids is 2. The Morgan fingerprint density at radius 2 is 1.41 bits per heavy atom. The van der Waals surface area contributed by atoms with Crippen LogP contribution in [0.4, 0.5) is 0 Å². The predicted molar refractivity (Wildman–Crippen MR) is 88.0 cm³/mol. The summed E-state index contributed by atoms with van der Waals surface area (Å²) < 4.78 is 0. The van der Waals surface area contributed by atoms with Crippen molar-refractivity contribution in [2.45, 2.75) is 52.0 Å². The van der Waals surface area contributed by atoms with Crippen molar-refractivity contribution in [3.8, 4) is 0 Å². The van der Waals surface area contributed by atoms with Gasteiger partial charge in [0.05, 0.1) is 0 Å². The molecule has 1 N–H and O–H groups in total. The number of amides is 2. The van der Waals surface area contributed by atoms with E-state index >= 15 is 0 Å². The van der Waals surface area contributed by atoms with Crippen molar-refractivity contribution < 1.29 is 9.59 Å². The van der Waals surface area contributed by atoms with Gasteiger partial charge < -0.3 is 10.2 Å². The van der Waals surface area contributed by atoms with Crippen LogP contribution in [0, 0.1) is 0 Å². The molecule has 1 heterocycles. The highest BCUT2D eigenvalue weighted by atomic mass is 16.2. The van der Waals surface area contributed by atoms with E-state index in [0.29, 0.717) is 11.1 Å². The molecule has 2 amide bonds. The van der Waals surface area contributed by atoms with Crippen molar-refractivity contribution in [2.24, 2.45) is 0 Å². The number of nitrogens with zero attached hydrogens (tertiary/aromatic N) is 1. The fraction of sp³-hybridized carbons (Fsp3) is 0.556. The molecule has 0 aliphatic carbocycles. The summed E-state index contributed by atoms with van der Waals surface area (Å²) in [5.74, 6) is -0.0362. The standard InChI is InChI=1S/C18H26N2O2/c1-18(2,3)19-16(21)14-8-10-15(11-9-14)17(22)20-12-6-4-5-7-13-20/h8-11H,4-7,12-13H2,1-3H3,(H,19,21). The number of rotatable bonds is 2. The zero-order valence-corrected chi connectivity index (χ0v) is 13.8. The summed E-state index contributed by atoms with van der Waals surface area (Å²) in [6.07, 6.45) is 4.57. The van der Waals surface area contributed by atoms with Gasteiger partial charge in [-0.15, -0.1) is 0 Å². The minimum atomic E-state index is -0.266. The first-order chi connectivity index (χ1) is 10.4. The second kappa shape index (κ2) is 6.95. The van der Waals surface area contributed by atoms with Crippen LogP contribution in [0.25, 0.3) is 0 Å². The molecule has 1 aliphatic rings. The van der Waals surface area contributed by atoms with Gasteiger partial charge in [-0.05, 0) is 57.9 Å². The molecule has 4 heteroatoms. The van der Waals surface area contributed by atoms with Gasteiger partial charge in [0, 0.05) is 29.8 Å². The maximum atomic E-state index is 12.5. The summed E-state index contributed by atoms with van der Waals surface area (Å²) in [4.78, 5) is 26.5. The largest absolute Gasteiger partial charge is 0.347 e. The number of nitrogens with one attached hydrogen (secondary N) is 1. The molecule has 1 aliphatic heterocycles. The van der Waals surface area contributed by atoms with E-state index in [1.165, 1.54) is 12.8 Å². The molecule has 1 fully saturated rings. The molecule has 120 valence electrons. The van der Waals surface area contributed by atoms with Crippen LogP contribution < -0.4 is 5.32 Å². The quantitative estimate of drug-likeness (QED) is 0.912. The van der Waals surface area contributed by atoms with Crippen molar-refractivity contribution in [1.29, 1.82) is 0 Å². The molecule has 0 bridgehead atoms. The Labute approximate surface area is 132 Å². The molecule has 0 saturated carbocycles. The Hall–Kier alpha value is -1.84. The van der Waals surface area contributed by atoms with Gasteiger partial charge in [0.1, 0.15) is 0 Å². The SMILES string of the molecule is CC(C)(C)NC(=O)c1ccc(C(=O)N2CCCCCC2)cc1. The van der Waals surface area contributed by atoms with E-state index < -0.39 is 0 Å². The van der Waals surface area contributed by atoms with Crippen LogP contribution in [0.1, 0.15) is 67.2 Å². The van der Waals surface area contributed by atoms with E-state index in [2.05, 4.69) is 5.32 Å². The molecular weight excluding hydrogens is 276 g/mol. The van der Waals surface area contributed by atoms with Gasteiger partial charge in [-0.1, -0.05) is 12.8 Å². The third-order valence-electron chi connectivity index (χ3n) is 3.78. The van der Waals surface area contributed by atoms with E-state index in [0.717, 1.165) is 25.9 Å². The summed E-state index contributed by atoms with van der Waals surface area (Å²) in [6, 6.07) is 6.97. The van der Waals surface area contributed by atoms with Crippen molar-refractivity contribution in [2.75, 3.05) is 13.1 Å². The van der Waals surface area contributed by atoms with Crippen LogP contribution in [0.15, 0.2) is 24.3 Å². The second-order valence-corrected chi connectivity index (χ2v) is 6.99. The first-order valence-corrected chi connectivity index (χ1v) is 8.09. The molecule has 0 radical (unpaired) electrons. The Balaban J connectivity index is 2.04. The molecule has 22 heavy (non-hydrogen) atoms. The Morgan fingerprint density at radius 1 is 0.909 bits per heavy atom. The molecule has 0 aromatic heterocycles. The van der Waals surface area contributed by atoms with Crippen LogP contribution in [-0.4, -0.2) is 35.3 Å². The fourth-order valence-corrected chi connectivity index (χ4v) is 2.63. The Kier molecular flexibility index (Phi) is 5.22. The lowest BCUT2D eigenvalue weighted by Gasteiger charge is -2.21.